The molecule has 2 aromatic carbocycles. The van der Waals surface area contributed by atoms with Gasteiger partial charge in [0.1, 0.15) is 5.75 Å². The number of nitrogens with zero attached hydrogens (tertiary/aromatic N) is 1. The van der Waals surface area contributed by atoms with Gasteiger partial charge in [0.25, 0.3) is 0 Å². The van der Waals surface area contributed by atoms with Gasteiger partial charge in [0.2, 0.25) is 11.8 Å². The van der Waals surface area contributed by atoms with Gasteiger partial charge in [0, 0.05) is 18.7 Å². The Morgan fingerprint density at radius 1 is 1.16 bits per heavy atom. The molecule has 0 unspecified atom stereocenters. The standard InChI is InChI=1S/C20H22N2O3/c1-13-7-6-9-17(14(13)2)22-12-15(11-19(22)23)20(24)21-16-8-4-5-10-18(16)25-3/h4-10,15H,11-12H2,1-3H3,(H,21,24)/t15-/m0/s1. The Hall–Kier alpha value is -2.82. The SMILES string of the molecule is COc1ccccc1NC(=O)[C@H]1CC(=O)N(c2cccc(C)c2C)C1. The van der Waals surface area contributed by atoms with Crippen LogP contribution in [-0.4, -0.2) is 25.5 Å². The number of benzene rings is 2. The second-order valence-corrected chi connectivity index (χ2v) is 6.31. The van der Waals surface area contributed by atoms with Crippen molar-refractivity contribution in [3.8, 4) is 5.75 Å². The van der Waals surface area contributed by atoms with Gasteiger partial charge in [-0.15, -0.1) is 0 Å². The van der Waals surface area contributed by atoms with Gasteiger partial charge in [-0.25, -0.2) is 0 Å². The highest BCUT2D eigenvalue weighted by Crippen LogP contribution is 2.31. The van der Waals surface area contributed by atoms with Crippen molar-refractivity contribution in [1.29, 1.82) is 0 Å². The van der Waals surface area contributed by atoms with Crippen LogP contribution in [0.4, 0.5) is 11.4 Å². The van der Waals surface area contributed by atoms with Crippen LogP contribution in [0, 0.1) is 19.8 Å². The molecule has 1 saturated heterocycles. The zero-order valence-electron chi connectivity index (χ0n) is 14.7. The molecule has 2 aromatic rings. The minimum atomic E-state index is -0.377. The Morgan fingerprint density at radius 2 is 1.92 bits per heavy atom. The lowest BCUT2D eigenvalue weighted by Gasteiger charge is -2.20. The number of methoxy groups -OCH3 is 1. The maximum atomic E-state index is 12.6. The number of ether oxygens (including phenoxy) is 1. The van der Waals surface area contributed by atoms with Crippen LogP contribution >= 0.6 is 0 Å². The molecule has 1 heterocycles. The number of hydrogen-bond donors (Lipinski definition) is 1. The number of amides is 2. The molecule has 1 fully saturated rings. The maximum absolute atomic E-state index is 12.6. The molecule has 0 saturated carbocycles. The largest absolute Gasteiger partial charge is 0.495 e. The van der Waals surface area contributed by atoms with Crippen molar-refractivity contribution in [2.24, 2.45) is 5.92 Å². The van der Waals surface area contributed by atoms with Crippen molar-refractivity contribution in [3.05, 3.63) is 53.6 Å². The summed E-state index contributed by atoms with van der Waals surface area (Å²) in [6.07, 6.45) is 0.217. The van der Waals surface area contributed by atoms with Gasteiger partial charge in [-0.1, -0.05) is 24.3 Å². The van der Waals surface area contributed by atoms with E-state index in [0.717, 1.165) is 16.8 Å². The summed E-state index contributed by atoms with van der Waals surface area (Å²) >= 11 is 0. The van der Waals surface area contributed by atoms with Gasteiger partial charge in [-0.05, 0) is 43.2 Å². The second kappa shape index (κ2) is 6.97. The average Bonchev–Trinajstić information content (AvgIpc) is 2.99. The van der Waals surface area contributed by atoms with Crippen LogP contribution in [0.1, 0.15) is 17.5 Å². The van der Waals surface area contributed by atoms with E-state index in [1.807, 2.05) is 44.2 Å². The van der Waals surface area contributed by atoms with Crippen molar-refractivity contribution in [2.45, 2.75) is 20.3 Å². The van der Waals surface area contributed by atoms with Crippen LogP contribution in [0.15, 0.2) is 42.5 Å². The van der Waals surface area contributed by atoms with Gasteiger partial charge in [0.05, 0.1) is 18.7 Å². The number of hydrogen-bond acceptors (Lipinski definition) is 3. The number of carbonyl (C=O) groups excluding carboxylic acids is 2. The van der Waals surface area contributed by atoms with E-state index in [-0.39, 0.29) is 24.2 Å². The quantitative estimate of drug-likeness (QED) is 0.930. The first-order valence-corrected chi connectivity index (χ1v) is 8.31. The molecule has 0 radical (unpaired) electrons. The summed E-state index contributed by atoms with van der Waals surface area (Å²) < 4.78 is 5.26. The Bertz CT molecular complexity index is 816. The van der Waals surface area contributed by atoms with E-state index in [4.69, 9.17) is 4.74 Å². The highest BCUT2D eigenvalue weighted by atomic mass is 16.5. The Kier molecular flexibility index (Phi) is 4.74. The van der Waals surface area contributed by atoms with E-state index < -0.39 is 0 Å². The Morgan fingerprint density at radius 3 is 2.68 bits per heavy atom. The van der Waals surface area contributed by atoms with Gasteiger partial charge in [-0.2, -0.15) is 0 Å². The first-order chi connectivity index (χ1) is 12.0. The Labute approximate surface area is 147 Å². The number of aryl methyl sites for hydroxylation is 1. The summed E-state index contributed by atoms with van der Waals surface area (Å²) in [5.41, 5.74) is 3.71. The van der Waals surface area contributed by atoms with E-state index in [0.29, 0.717) is 18.0 Å². The van der Waals surface area contributed by atoms with Crippen molar-refractivity contribution < 1.29 is 14.3 Å². The van der Waals surface area contributed by atoms with Crippen LogP contribution in [0.3, 0.4) is 0 Å². The summed E-state index contributed by atoms with van der Waals surface area (Å²) in [6.45, 7) is 4.41. The molecule has 5 heteroatoms. The smallest absolute Gasteiger partial charge is 0.229 e. The van der Waals surface area contributed by atoms with Crippen LogP contribution in [-0.2, 0) is 9.59 Å². The fraction of sp³-hybridized carbons (Fsp3) is 0.300. The molecule has 5 nitrogen and oxygen atoms in total. The molecule has 2 amide bonds. The number of carbonyl (C=O) groups is 2. The van der Waals surface area contributed by atoms with Crippen LogP contribution in [0.5, 0.6) is 5.75 Å². The third kappa shape index (κ3) is 3.36. The lowest BCUT2D eigenvalue weighted by Crippen LogP contribution is -2.28. The van der Waals surface area contributed by atoms with E-state index in [9.17, 15) is 9.59 Å². The first kappa shape index (κ1) is 17.0. The fourth-order valence-corrected chi connectivity index (χ4v) is 3.13. The predicted octanol–water partition coefficient (Wildman–Crippen LogP) is 3.30. The highest BCUT2D eigenvalue weighted by molar-refractivity contribution is 6.04. The summed E-state index contributed by atoms with van der Waals surface area (Å²) in [6, 6.07) is 13.1. The Balaban J connectivity index is 1.76. The predicted molar refractivity (Wildman–Crippen MR) is 98.0 cm³/mol. The normalized spacial score (nSPS) is 16.8. The molecule has 1 N–H and O–H groups in total. The number of para-hydroxylation sites is 2. The molecule has 130 valence electrons. The highest BCUT2D eigenvalue weighted by Gasteiger charge is 2.36. The molecule has 1 atom stereocenters. The molecule has 1 aliphatic heterocycles. The third-order valence-electron chi connectivity index (χ3n) is 4.73. The van der Waals surface area contributed by atoms with E-state index in [1.165, 1.54) is 0 Å². The van der Waals surface area contributed by atoms with Crippen LogP contribution < -0.4 is 15.0 Å². The van der Waals surface area contributed by atoms with Crippen LogP contribution in [0.2, 0.25) is 0 Å². The molecular formula is C20H22N2O3. The number of anilines is 2. The summed E-state index contributed by atoms with van der Waals surface area (Å²) in [7, 11) is 1.56. The zero-order chi connectivity index (χ0) is 18.0. The summed E-state index contributed by atoms with van der Waals surface area (Å²) in [4.78, 5) is 26.8. The van der Waals surface area contributed by atoms with Gasteiger partial charge in [0.15, 0.2) is 0 Å². The minimum Gasteiger partial charge on any atom is -0.495 e. The van der Waals surface area contributed by atoms with E-state index in [2.05, 4.69) is 5.32 Å². The van der Waals surface area contributed by atoms with E-state index in [1.54, 1.807) is 24.1 Å². The molecule has 0 bridgehead atoms. The van der Waals surface area contributed by atoms with Gasteiger partial charge < -0.3 is 15.0 Å². The minimum absolute atomic E-state index is 0.0196. The number of rotatable bonds is 4. The molecule has 0 aromatic heterocycles. The average molecular weight is 338 g/mol. The summed E-state index contributed by atoms with van der Waals surface area (Å²) in [5, 5.41) is 2.88. The van der Waals surface area contributed by atoms with Crippen molar-refractivity contribution in [2.75, 3.05) is 23.9 Å². The lowest BCUT2D eigenvalue weighted by atomic mass is 10.1. The topological polar surface area (TPSA) is 58.6 Å². The van der Waals surface area contributed by atoms with Gasteiger partial charge >= 0.3 is 0 Å². The van der Waals surface area contributed by atoms with Crippen molar-refractivity contribution in [3.63, 3.8) is 0 Å². The van der Waals surface area contributed by atoms with Gasteiger partial charge in [-0.3, -0.25) is 9.59 Å². The molecule has 25 heavy (non-hydrogen) atoms. The molecule has 3 rings (SSSR count). The lowest BCUT2D eigenvalue weighted by molar-refractivity contribution is -0.122. The molecule has 0 spiro atoms. The molecular weight excluding hydrogens is 316 g/mol. The van der Waals surface area contributed by atoms with E-state index >= 15 is 0 Å². The molecule has 1 aliphatic rings. The third-order valence-corrected chi connectivity index (χ3v) is 4.73. The van der Waals surface area contributed by atoms with Crippen molar-refractivity contribution in [1.82, 2.24) is 0 Å². The monoisotopic (exact) mass is 338 g/mol. The summed E-state index contributed by atoms with van der Waals surface area (Å²) in [5.74, 6) is 0.0448. The molecule has 0 aliphatic carbocycles. The van der Waals surface area contributed by atoms with Crippen molar-refractivity contribution >= 4 is 23.2 Å². The zero-order valence-corrected chi connectivity index (χ0v) is 14.7. The fourth-order valence-electron chi connectivity index (χ4n) is 3.13. The number of nitrogens with one attached hydrogen (secondary N) is 1. The van der Waals surface area contributed by atoms with Crippen LogP contribution in [0.25, 0.3) is 0 Å². The maximum Gasteiger partial charge on any atom is 0.229 e. The second-order valence-electron chi connectivity index (χ2n) is 6.31. The first-order valence-electron chi connectivity index (χ1n) is 8.31.